The zero-order valence-electron chi connectivity index (χ0n) is 32.7. The Balaban J connectivity index is 1.24. The molecule has 0 aliphatic carbocycles. The minimum absolute atomic E-state index is 0.639. The van der Waals surface area contributed by atoms with Gasteiger partial charge in [0.1, 0.15) is 0 Å². The van der Waals surface area contributed by atoms with E-state index >= 15 is 0 Å². The van der Waals surface area contributed by atoms with Crippen molar-refractivity contribution in [3.63, 3.8) is 0 Å². The van der Waals surface area contributed by atoms with Crippen molar-refractivity contribution in [2.24, 2.45) is 0 Å². The number of hydrogen-bond donors (Lipinski definition) is 0. The molecule has 0 saturated heterocycles. The van der Waals surface area contributed by atoms with E-state index in [-0.39, 0.29) is 0 Å². The molecule has 3 heteroatoms. The van der Waals surface area contributed by atoms with Crippen LogP contribution in [0.15, 0.2) is 188 Å². The van der Waals surface area contributed by atoms with Gasteiger partial charge in [0.25, 0.3) is 0 Å². The SMILES string of the molecule is CCc1ccccc1-c1cccc(-c2nc(-c3cc(-c4ccccc4)cc(-c4ccccc4)c3)nc(-c3ccc4c5ccccc5c5ccccc5c4c3)n2)c1CC. The summed E-state index contributed by atoms with van der Waals surface area (Å²) in [6, 6.07) is 67.2. The fourth-order valence-electron chi connectivity index (χ4n) is 8.67. The number of benzene rings is 9. The molecule has 10 aromatic rings. The summed E-state index contributed by atoms with van der Waals surface area (Å²) in [6.07, 6.45) is 1.79. The highest BCUT2D eigenvalue weighted by Gasteiger charge is 2.20. The number of aromatic nitrogens is 3. The molecule has 0 aliphatic heterocycles. The molecule has 0 bridgehead atoms. The molecule has 0 aliphatic rings. The van der Waals surface area contributed by atoms with Gasteiger partial charge in [-0.1, -0.05) is 178 Å². The standard InChI is InChI=1S/C55H41N3/c1-3-36-18-11-12-23-44(36)45-28-17-29-51(43(45)4-2)55-57-53(39-30-31-50-48-26-14-13-24-46(48)47-25-15-16-27-49(47)52(50)35-39)56-54(58-55)42-33-40(37-19-7-5-8-20-37)32-41(34-42)38-21-9-6-10-22-38/h5-35H,3-4H2,1-2H3. The van der Waals surface area contributed by atoms with Gasteiger partial charge in [0.05, 0.1) is 0 Å². The third kappa shape index (κ3) is 6.31. The van der Waals surface area contributed by atoms with Crippen molar-refractivity contribution in [2.45, 2.75) is 26.7 Å². The minimum Gasteiger partial charge on any atom is -0.208 e. The molecule has 0 N–H and O–H groups in total. The second-order valence-corrected chi connectivity index (χ2v) is 14.9. The first-order valence-corrected chi connectivity index (χ1v) is 20.2. The van der Waals surface area contributed by atoms with Gasteiger partial charge in [0, 0.05) is 16.7 Å². The molecule has 0 spiro atoms. The molecule has 276 valence electrons. The second-order valence-electron chi connectivity index (χ2n) is 14.9. The monoisotopic (exact) mass is 743 g/mol. The molecule has 0 fully saturated rings. The zero-order chi connectivity index (χ0) is 39.0. The maximum absolute atomic E-state index is 5.39. The Bertz CT molecular complexity index is 3040. The molecule has 1 aromatic heterocycles. The van der Waals surface area contributed by atoms with Crippen molar-refractivity contribution < 1.29 is 0 Å². The summed E-state index contributed by atoms with van der Waals surface area (Å²) < 4.78 is 0. The van der Waals surface area contributed by atoms with Crippen LogP contribution in [-0.2, 0) is 12.8 Å². The van der Waals surface area contributed by atoms with Crippen molar-refractivity contribution in [1.82, 2.24) is 15.0 Å². The fraction of sp³-hybridized carbons (Fsp3) is 0.0727. The number of rotatable bonds is 8. The Hall–Kier alpha value is -7.23. The smallest absolute Gasteiger partial charge is 0.164 e. The molecular formula is C55H41N3. The molecule has 0 amide bonds. The summed E-state index contributed by atoms with van der Waals surface area (Å²) in [5, 5.41) is 7.34. The summed E-state index contributed by atoms with van der Waals surface area (Å²) in [4.78, 5) is 16.1. The number of nitrogens with zero attached hydrogens (tertiary/aromatic N) is 3. The Kier molecular flexibility index (Phi) is 9.12. The predicted molar refractivity (Wildman–Crippen MR) is 244 cm³/mol. The third-order valence-electron chi connectivity index (χ3n) is 11.5. The van der Waals surface area contributed by atoms with E-state index in [0.717, 1.165) is 51.8 Å². The third-order valence-corrected chi connectivity index (χ3v) is 11.5. The molecule has 3 nitrogen and oxygen atoms in total. The van der Waals surface area contributed by atoms with Crippen LogP contribution in [0.2, 0.25) is 0 Å². The lowest BCUT2D eigenvalue weighted by Gasteiger charge is -2.17. The first kappa shape index (κ1) is 35.2. The van der Waals surface area contributed by atoms with Gasteiger partial charge in [-0.05, 0) is 114 Å². The topological polar surface area (TPSA) is 38.7 Å². The molecule has 1 heterocycles. The van der Waals surface area contributed by atoms with Crippen LogP contribution < -0.4 is 0 Å². The van der Waals surface area contributed by atoms with Gasteiger partial charge in [-0.3, -0.25) is 0 Å². The zero-order valence-corrected chi connectivity index (χ0v) is 32.7. The first-order valence-electron chi connectivity index (χ1n) is 20.2. The van der Waals surface area contributed by atoms with Crippen molar-refractivity contribution >= 4 is 32.3 Å². The maximum Gasteiger partial charge on any atom is 0.164 e. The Morgan fingerprint density at radius 3 is 1.36 bits per heavy atom. The molecular weight excluding hydrogens is 703 g/mol. The summed E-state index contributed by atoms with van der Waals surface area (Å²) in [5.41, 5.74) is 12.4. The highest BCUT2D eigenvalue weighted by atomic mass is 15.0. The first-order chi connectivity index (χ1) is 28.7. The summed E-state index contributed by atoms with van der Waals surface area (Å²) in [6.45, 7) is 4.45. The Morgan fingerprint density at radius 1 is 0.293 bits per heavy atom. The van der Waals surface area contributed by atoms with E-state index < -0.39 is 0 Å². The van der Waals surface area contributed by atoms with E-state index in [1.807, 2.05) is 0 Å². The van der Waals surface area contributed by atoms with Gasteiger partial charge in [-0.2, -0.15) is 0 Å². The van der Waals surface area contributed by atoms with Gasteiger partial charge >= 0.3 is 0 Å². The number of fused-ring (bicyclic) bond motifs is 6. The molecule has 0 atom stereocenters. The van der Waals surface area contributed by atoms with Crippen molar-refractivity contribution in [3.05, 3.63) is 199 Å². The molecule has 0 saturated carbocycles. The quantitative estimate of drug-likeness (QED) is 0.145. The van der Waals surface area contributed by atoms with Gasteiger partial charge in [0.15, 0.2) is 17.5 Å². The molecule has 0 radical (unpaired) electrons. The average molecular weight is 744 g/mol. The summed E-state index contributed by atoms with van der Waals surface area (Å²) in [5.74, 6) is 1.95. The summed E-state index contributed by atoms with van der Waals surface area (Å²) >= 11 is 0. The van der Waals surface area contributed by atoms with E-state index in [1.165, 1.54) is 54.6 Å². The summed E-state index contributed by atoms with van der Waals surface area (Å²) in [7, 11) is 0. The lowest BCUT2D eigenvalue weighted by molar-refractivity contribution is 1.06. The van der Waals surface area contributed by atoms with Crippen molar-refractivity contribution in [2.75, 3.05) is 0 Å². The highest BCUT2D eigenvalue weighted by Crippen LogP contribution is 2.39. The molecule has 58 heavy (non-hydrogen) atoms. The minimum atomic E-state index is 0.639. The molecule has 9 aromatic carbocycles. The second kappa shape index (κ2) is 15.0. The van der Waals surface area contributed by atoms with Gasteiger partial charge in [-0.25, -0.2) is 15.0 Å². The molecule has 0 unspecified atom stereocenters. The van der Waals surface area contributed by atoms with Gasteiger partial charge < -0.3 is 0 Å². The van der Waals surface area contributed by atoms with Crippen molar-refractivity contribution in [3.8, 4) is 67.5 Å². The largest absolute Gasteiger partial charge is 0.208 e. The van der Waals surface area contributed by atoms with E-state index in [4.69, 9.17) is 15.0 Å². The molecule has 10 rings (SSSR count). The number of aryl methyl sites for hydroxylation is 1. The fourth-order valence-corrected chi connectivity index (χ4v) is 8.67. The van der Waals surface area contributed by atoms with Crippen molar-refractivity contribution in [1.29, 1.82) is 0 Å². The van der Waals surface area contributed by atoms with Crippen LogP contribution >= 0.6 is 0 Å². The van der Waals surface area contributed by atoms with E-state index in [1.54, 1.807) is 0 Å². The van der Waals surface area contributed by atoms with E-state index in [0.29, 0.717) is 17.5 Å². The van der Waals surface area contributed by atoms with Crippen LogP contribution in [0.5, 0.6) is 0 Å². The van der Waals surface area contributed by atoms with Crippen LogP contribution in [-0.4, -0.2) is 15.0 Å². The Morgan fingerprint density at radius 2 is 0.759 bits per heavy atom. The van der Waals surface area contributed by atoms with E-state index in [2.05, 4.69) is 202 Å². The predicted octanol–water partition coefficient (Wildman–Crippen LogP) is 14.5. The van der Waals surface area contributed by atoms with Crippen LogP contribution in [0, 0.1) is 0 Å². The average Bonchev–Trinajstić information content (AvgIpc) is 3.31. The van der Waals surface area contributed by atoms with Crippen LogP contribution in [0.25, 0.3) is 99.9 Å². The lowest BCUT2D eigenvalue weighted by atomic mass is 9.90. The normalized spacial score (nSPS) is 11.4. The van der Waals surface area contributed by atoms with Gasteiger partial charge in [0.2, 0.25) is 0 Å². The number of hydrogen-bond acceptors (Lipinski definition) is 3. The lowest BCUT2D eigenvalue weighted by Crippen LogP contribution is -2.03. The van der Waals surface area contributed by atoms with Crippen LogP contribution in [0.4, 0.5) is 0 Å². The maximum atomic E-state index is 5.39. The van der Waals surface area contributed by atoms with Crippen LogP contribution in [0.3, 0.4) is 0 Å². The van der Waals surface area contributed by atoms with Gasteiger partial charge in [-0.15, -0.1) is 0 Å². The highest BCUT2D eigenvalue weighted by molar-refractivity contribution is 6.25. The Labute approximate surface area is 339 Å². The van der Waals surface area contributed by atoms with E-state index in [9.17, 15) is 0 Å². The van der Waals surface area contributed by atoms with Crippen LogP contribution in [0.1, 0.15) is 25.0 Å².